The van der Waals surface area contributed by atoms with Crippen molar-refractivity contribution in [1.29, 1.82) is 0 Å². The van der Waals surface area contributed by atoms with Gasteiger partial charge in [-0.1, -0.05) is 0 Å². The second-order valence-electron chi connectivity index (χ2n) is 5.99. The van der Waals surface area contributed by atoms with Crippen molar-refractivity contribution in [3.63, 3.8) is 0 Å². The number of fused-ring (bicyclic) bond motifs is 1. The predicted molar refractivity (Wildman–Crippen MR) is 98.6 cm³/mol. The van der Waals surface area contributed by atoms with Gasteiger partial charge in [0, 0.05) is 38.1 Å². The second-order valence-corrected chi connectivity index (χ2v) is 6.70. The standard InChI is InChI=1S/C16H16BrN7O3/c1-22-13(11(9-18-22)15(26)23-4-6-27-7-5-23)14(25)19-10-2-3-24-12(8-10)20-16(17)21-24/h2-3,8-9H,4-7H2,1H3,(H,19,25). The number of halogens is 1. The first-order valence-electron chi connectivity index (χ1n) is 8.25. The first kappa shape index (κ1) is 17.6. The number of morpholine rings is 1. The minimum Gasteiger partial charge on any atom is -0.378 e. The molecule has 1 aliphatic rings. The molecule has 1 fully saturated rings. The van der Waals surface area contributed by atoms with Crippen LogP contribution in [0.4, 0.5) is 5.69 Å². The number of amides is 2. The van der Waals surface area contributed by atoms with Crippen LogP contribution in [-0.2, 0) is 11.8 Å². The van der Waals surface area contributed by atoms with Crippen LogP contribution in [0.15, 0.2) is 29.3 Å². The third kappa shape index (κ3) is 3.43. The molecular formula is C16H16BrN7O3. The number of pyridine rings is 1. The summed E-state index contributed by atoms with van der Waals surface area (Å²) in [4.78, 5) is 31.5. The molecule has 140 valence electrons. The summed E-state index contributed by atoms with van der Waals surface area (Å²) < 4.78 is 8.71. The Morgan fingerprint density at radius 3 is 2.85 bits per heavy atom. The molecule has 4 heterocycles. The quantitative estimate of drug-likeness (QED) is 0.658. The van der Waals surface area contributed by atoms with E-state index in [1.807, 2.05) is 0 Å². The molecule has 0 radical (unpaired) electrons. The van der Waals surface area contributed by atoms with Gasteiger partial charge in [-0.2, -0.15) is 5.10 Å². The molecule has 0 aromatic carbocycles. The lowest BCUT2D eigenvalue weighted by molar-refractivity contribution is 0.0302. The molecular weight excluding hydrogens is 418 g/mol. The normalized spacial score (nSPS) is 14.5. The number of rotatable bonds is 3. The van der Waals surface area contributed by atoms with Crippen molar-refractivity contribution in [3.05, 3.63) is 40.5 Å². The highest BCUT2D eigenvalue weighted by molar-refractivity contribution is 9.10. The Morgan fingerprint density at radius 1 is 1.30 bits per heavy atom. The van der Waals surface area contributed by atoms with Crippen LogP contribution in [0.25, 0.3) is 5.65 Å². The summed E-state index contributed by atoms with van der Waals surface area (Å²) in [6, 6.07) is 3.39. The lowest BCUT2D eigenvalue weighted by Crippen LogP contribution is -2.41. The fraction of sp³-hybridized carbons (Fsp3) is 0.312. The first-order valence-corrected chi connectivity index (χ1v) is 9.04. The van der Waals surface area contributed by atoms with E-state index in [0.717, 1.165) is 0 Å². The summed E-state index contributed by atoms with van der Waals surface area (Å²) in [5, 5.41) is 11.0. The molecule has 4 rings (SSSR count). The van der Waals surface area contributed by atoms with E-state index in [4.69, 9.17) is 4.74 Å². The average molecular weight is 434 g/mol. The summed E-state index contributed by atoms with van der Waals surface area (Å²) in [5.74, 6) is -0.650. The van der Waals surface area contributed by atoms with E-state index in [1.54, 1.807) is 34.8 Å². The second kappa shape index (κ2) is 7.08. The van der Waals surface area contributed by atoms with Crippen LogP contribution in [-0.4, -0.2) is 67.4 Å². The molecule has 0 aliphatic carbocycles. The number of carbonyl (C=O) groups excluding carboxylic acids is 2. The van der Waals surface area contributed by atoms with E-state index in [9.17, 15) is 9.59 Å². The molecule has 3 aromatic rings. The lowest BCUT2D eigenvalue weighted by Gasteiger charge is -2.26. The molecule has 10 nitrogen and oxygen atoms in total. The molecule has 1 saturated heterocycles. The summed E-state index contributed by atoms with van der Waals surface area (Å²) in [7, 11) is 1.63. The molecule has 3 aromatic heterocycles. The minimum atomic E-state index is -0.422. The van der Waals surface area contributed by atoms with Gasteiger partial charge in [0.25, 0.3) is 11.8 Å². The third-order valence-electron chi connectivity index (χ3n) is 4.25. The van der Waals surface area contributed by atoms with Gasteiger partial charge in [0.1, 0.15) is 5.69 Å². The summed E-state index contributed by atoms with van der Waals surface area (Å²) in [6.07, 6.45) is 3.11. The van der Waals surface area contributed by atoms with Gasteiger partial charge in [0.05, 0.1) is 25.0 Å². The Labute approximate surface area is 162 Å². The van der Waals surface area contributed by atoms with E-state index in [0.29, 0.717) is 42.4 Å². The Kier molecular flexibility index (Phi) is 4.62. The maximum absolute atomic E-state index is 12.8. The fourth-order valence-corrected chi connectivity index (χ4v) is 3.28. The Morgan fingerprint density at radius 2 is 2.07 bits per heavy atom. The Balaban J connectivity index is 1.59. The molecule has 2 amide bonds. The summed E-state index contributed by atoms with van der Waals surface area (Å²) in [6.45, 7) is 1.96. The van der Waals surface area contributed by atoms with Gasteiger partial charge in [-0.05, 0) is 22.0 Å². The van der Waals surface area contributed by atoms with Crippen molar-refractivity contribution in [2.45, 2.75) is 0 Å². The van der Waals surface area contributed by atoms with Crippen molar-refractivity contribution in [3.8, 4) is 0 Å². The maximum Gasteiger partial charge on any atom is 0.274 e. The van der Waals surface area contributed by atoms with Crippen molar-refractivity contribution in [2.75, 3.05) is 31.6 Å². The highest BCUT2D eigenvalue weighted by Crippen LogP contribution is 2.17. The number of hydrogen-bond donors (Lipinski definition) is 1. The van der Waals surface area contributed by atoms with E-state index in [-0.39, 0.29) is 17.2 Å². The zero-order valence-electron chi connectivity index (χ0n) is 14.4. The highest BCUT2D eigenvalue weighted by atomic mass is 79.9. The highest BCUT2D eigenvalue weighted by Gasteiger charge is 2.27. The topological polar surface area (TPSA) is 107 Å². The molecule has 27 heavy (non-hydrogen) atoms. The van der Waals surface area contributed by atoms with Crippen molar-refractivity contribution in [2.24, 2.45) is 7.05 Å². The van der Waals surface area contributed by atoms with E-state index in [1.165, 1.54) is 10.9 Å². The zero-order valence-corrected chi connectivity index (χ0v) is 16.0. The van der Waals surface area contributed by atoms with Crippen LogP contribution in [0.5, 0.6) is 0 Å². The monoisotopic (exact) mass is 433 g/mol. The largest absolute Gasteiger partial charge is 0.378 e. The number of carbonyl (C=O) groups is 2. The fourth-order valence-electron chi connectivity index (χ4n) is 2.92. The van der Waals surface area contributed by atoms with Crippen molar-refractivity contribution < 1.29 is 14.3 Å². The smallest absolute Gasteiger partial charge is 0.274 e. The van der Waals surface area contributed by atoms with Crippen LogP contribution in [0.3, 0.4) is 0 Å². The lowest BCUT2D eigenvalue weighted by atomic mass is 10.2. The molecule has 0 bridgehead atoms. The van der Waals surface area contributed by atoms with Crippen LogP contribution < -0.4 is 5.32 Å². The van der Waals surface area contributed by atoms with Crippen LogP contribution in [0.1, 0.15) is 20.8 Å². The van der Waals surface area contributed by atoms with Gasteiger partial charge in [0.2, 0.25) is 4.73 Å². The molecule has 0 saturated carbocycles. The van der Waals surface area contributed by atoms with E-state index >= 15 is 0 Å². The third-order valence-corrected chi connectivity index (χ3v) is 4.59. The molecule has 0 unspecified atom stereocenters. The van der Waals surface area contributed by atoms with Gasteiger partial charge in [-0.3, -0.25) is 14.3 Å². The molecule has 0 spiro atoms. The Bertz CT molecular complexity index is 1020. The number of aromatic nitrogens is 5. The Hall–Kier alpha value is -2.79. The minimum absolute atomic E-state index is 0.203. The van der Waals surface area contributed by atoms with E-state index in [2.05, 4.69) is 36.4 Å². The number of hydrogen-bond acceptors (Lipinski definition) is 6. The molecule has 1 N–H and O–H groups in total. The van der Waals surface area contributed by atoms with E-state index < -0.39 is 5.91 Å². The molecule has 1 aliphatic heterocycles. The number of aryl methyl sites for hydroxylation is 1. The van der Waals surface area contributed by atoms with Crippen LogP contribution >= 0.6 is 15.9 Å². The van der Waals surface area contributed by atoms with Gasteiger partial charge in [-0.15, -0.1) is 5.10 Å². The SMILES string of the molecule is Cn1ncc(C(=O)N2CCOCC2)c1C(=O)Nc1ccn2nc(Br)nc2c1. The van der Waals surface area contributed by atoms with Crippen molar-refractivity contribution >= 4 is 39.1 Å². The van der Waals surface area contributed by atoms with Gasteiger partial charge in [0.15, 0.2) is 5.65 Å². The number of ether oxygens (including phenoxy) is 1. The van der Waals surface area contributed by atoms with Crippen LogP contribution in [0.2, 0.25) is 0 Å². The number of nitrogens with zero attached hydrogens (tertiary/aromatic N) is 6. The summed E-state index contributed by atoms with van der Waals surface area (Å²) >= 11 is 3.21. The van der Waals surface area contributed by atoms with Gasteiger partial charge >= 0.3 is 0 Å². The average Bonchev–Trinajstić information content (AvgIpc) is 3.23. The van der Waals surface area contributed by atoms with Gasteiger partial charge in [-0.25, -0.2) is 9.50 Å². The number of anilines is 1. The first-order chi connectivity index (χ1) is 13.0. The van der Waals surface area contributed by atoms with Crippen LogP contribution in [0, 0.1) is 0 Å². The number of nitrogens with one attached hydrogen (secondary N) is 1. The predicted octanol–water partition coefficient (Wildman–Crippen LogP) is 0.950. The maximum atomic E-state index is 12.8. The molecule has 11 heteroatoms. The zero-order chi connectivity index (χ0) is 19.0. The molecule has 0 atom stereocenters. The summed E-state index contributed by atoms with van der Waals surface area (Å²) in [5.41, 5.74) is 1.59. The van der Waals surface area contributed by atoms with Gasteiger partial charge < -0.3 is 15.0 Å². The van der Waals surface area contributed by atoms with Crippen molar-refractivity contribution in [1.82, 2.24) is 29.3 Å².